The van der Waals surface area contributed by atoms with Crippen molar-refractivity contribution in [3.63, 3.8) is 0 Å². The van der Waals surface area contributed by atoms with Crippen molar-refractivity contribution in [2.75, 3.05) is 19.0 Å². The molecule has 0 spiro atoms. The Hall–Kier alpha value is -1.42. The van der Waals surface area contributed by atoms with Crippen molar-refractivity contribution >= 4 is 27.9 Å². The van der Waals surface area contributed by atoms with Crippen molar-refractivity contribution in [2.45, 2.75) is 6.42 Å². The zero-order chi connectivity index (χ0) is 16.1. The first-order valence-electron chi connectivity index (χ1n) is 6.96. The summed E-state index contributed by atoms with van der Waals surface area (Å²) in [6, 6.07) is 18.6. The van der Waals surface area contributed by atoms with Crippen LogP contribution in [0.3, 0.4) is 0 Å². The van der Waals surface area contributed by atoms with Crippen LogP contribution in [0, 0.1) is 0 Å². The van der Waals surface area contributed by atoms with Gasteiger partial charge in [-0.3, -0.25) is 4.18 Å². The minimum absolute atomic E-state index is 0.0441. The summed E-state index contributed by atoms with van der Waals surface area (Å²) in [5, 5.41) is 1.56. The second-order valence-corrected chi connectivity index (χ2v) is 9.62. The molecule has 0 saturated carbocycles. The standard InChI is InChI=1S/C16H19O4PS/c1-22(18,19)20-13-8-14-21(17,15-9-4-2-5-10-15)16-11-6-3-7-12-16/h2-7,9-12H,8,13-14H2,1H3. The summed E-state index contributed by atoms with van der Waals surface area (Å²) in [5.74, 6) is 0. The lowest BCUT2D eigenvalue weighted by molar-refractivity contribution is 0.322. The van der Waals surface area contributed by atoms with E-state index in [1.807, 2.05) is 60.7 Å². The van der Waals surface area contributed by atoms with Crippen LogP contribution in [0.2, 0.25) is 0 Å². The van der Waals surface area contributed by atoms with E-state index < -0.39 is 17.3 Å². The van der Waals surface area contributed by atoms with Gasteiger partial charge < -0.3 is 4.57 Å². The molecule has 0 radical (unpaired) electrons. The molecule has 118 valence electrons. The van der Waals surface area contributed by atoms with Gasteiger partial charge in [-0.05, 0) is 6.42 Å². The van der Waals surface area contributed by atoms with Crippen molar-refractivity contribution in [1.82, 2.24) is 0 Å². The van der Waals surface area contributed by atoms with Crippen LogP contribution in [0.25, 0.3) is 0 Å². The second-order valence-electron chi connectivity index (χ2n) is 5.01. The third kappa shape index (κ3) is 4.54. The highest BCUT2D eigenvalue weighted by molar-refractivity contribution is 7.86. The second kappa shape index (κ2) is 7.23. The van der Waals surface area contributed by atoms with Crippen LogP contribution in [0.1, 0.15) is 6.42 Å². The lowest BCUT2D eigenvalue weighted by atomic mass is 10.4. The maximum absolute atomic E-state index is 13.5. The predicted octanol–water partition coefficient (Wildman–Crippen LogP) is 2.37. The Morgan fingerprint density at radius 1 is 0.909 bits per heavy atom. The highest BCUT2D eigenvalue weighted by atomic mass is 32.2. The molecule has 0 amide bonds. The average Bonchev–Trinajstić information content (AvgIpc) is 2.52. The molecule has 0 atom stereocenters. The number of benzene rings is 2. The third-order valence-corrected chi connectivity index (χ3v) is 7.07. The van der Waals surface area contributed by atoms with Crippen LogP contribution in [-0.2, 0) is 18.9 Å². The summed E-state index contributed by atoms with van der Waals surface area (Å²) < 4.78 is 40.3. The molecular weight excluding hydrogens is 319 g/mol. The van der Waals surface area contributed by atoms with Gasteiger partial charge in [-0.2, -0.15) is 8.42 Å². The maximum Gasteiger partial charge on any atom is 0.264 e. The van der Waals surface area contributed by atoms with E-state index in [2.05, 4.69) is 0 Å². The minimum atomic E-state index is -3.46. The summed E-state index contributed by atoms with van der Waals surface area (Å²) >= 11 is 0. The normalized spacial score (nSPS) is 12.2. The molecule has 0 aliphatic rings. The fourth-order valence-corrected chi connectivity index (χ4v) is 5.36. The van der Waals surface area contributed by atoms with Crippen molar-refractivity contribution in [3.8, 4) is 0 Å². The van der Waals surface area contributed by atoms with Gasteiger partial charge in [0.15, 0.2) is 0 Å². The summed E-state index contributed by atoms with van der Waals surface area (Å²) in [6.45, 7) is 0.0441. The quantitative estimate of drug-likeness (QED) is 0.442. The molecule has 2 aromatic rings. The largest absolute Gasteiger partial charge is 0.314 e. The number of rotatable bonds is 7. The van der Waals surface area contributed by atoms with Crippen LogP contribution in [0.5, 0.6) is 0 Å². The molecule has 0 unspecified atom stereocenters. The van der Waals surface area contributed by atoms with Gasteiger partial charge in [-0.15, -0.1) is 0 Å². The Labute approximate surface area is 131 Å². The summed E-state index contributed by atoms with van der Waals surface area (Å²) in [6.07, 6.45) is 1.80. The molecule has 0 aliphatic heterocycles. The van der Waals surface area contributed by atoms with Gasteiger partial charge in [0.05, 0.1) is 12.9 Å². The molecule has 2 rings (SSSR count). The Morgan fingerprint density at radius 2 is 1.36 bits per heavy atom. The summed E-state index contributed by atoms with van der Waals surface area (Å²) in [4.78, 5) is 0. The molecule has 2 aromatic carbocycles. The summed E-state index contributed by atoms with van der Waals surface area (Å²) in [7, 11) is -6.24. The van der Waals surface area contributed by atoms with E-state index in [1.54, 1.807) is 0 Å². The zero-order valence-corrected chi connectivity index (χ0v) is 14.1. The van der Waals surface area contributed by atoms with Crippen LogP contribution in [-0.4, -0.2) is 27.4 Å². The molecule has 0 fully saturated rings. The molecule has 0 heterocycles. The third-order valence-electron chi connectivity index (χ3n) is 3.26. The smallest absolute Gasteiger partial charge is 0.264 e. The fourth-order valence-electron chi connectivity index (χ4n) is 2.24. The predicted molar refractivity (Wildman–Crippen MR) is 90.0 cm³/mol. The van der Waals surface area contributed by atoms with Gasteiger partial charge in [-0.25, -0.2) is 0 Å². The van der Waals surface area contributed by atoms with Gasteiger partial charge in [0.25, 0.3) is 10.1 Å². The van der Waals surface area contributed by atoms with Crippen molar-refractivity contribution < 1.29 is 17.2 Å². The molecular formula is C16H19O4PS. The topological polar surface area (TPSA) is 60.4 Å². The zero-order valence-electron chi connectivity index (χ0n) is 12.4. The van der Waals surface area contributed by atoms with Gasteiger partial charge >= 0.3 is 0 Å². The van der Waals surface area contributed by atoms with Crippen LogP contribution < -0.4 is 10.6 Å². The van der Waals surface area contributed by atoms with Crippen LogP contribution in [0.15, 0.2) is 60.7 Å². The first-order chi connectivity index (χ1) is 10.4. The molecule has 0 saturated heterocycles. The lowest BCUT2D eigenvalue weighted by Gasteiger charge is -2.19. The van der Waals surface area contributed by atoms with Crippen LogP contribution >= 0.6 is 7.14 Å². The molecule has 0 aromatic heterocycles. The maximum atomic E-state index is 13.5. The van der Waals surface area contributed by atoms with Gasteiger partial charge in [0, 0.05) is 16.8 Å². The SMILES string of the molecule is CS(=O)(=O)OCCCP(=O)(c1ccccc1)c1ccccc1. The van der Waals surface area contributed by atoms with Crippen molar-refractivity contribution in [3.05, 3.63) is 60.7 Å². The summed E-state index contributed by atoms with van der Waals surface area (Å²) in [5.41, 5.74) is 0. The van der Waals surface area contributed by atoms with Gasteiger partial charge in [-0.1, -0.05) is 60.7 Å². The van der Waals surface area contributed by atoms with E-state index in [0.717, 1.165) is 16.9 Å². The monoisotopic (exact) mass is 338 g/mol. The number of hydrogen-bond acceptors (Lipinski definition) is 4. The highest BCUT2D eigenvalue weighted by Gasteiger charge is 2.26. The Morgan fingerprint density at radius 3 is 1.77 bits per heavy atom. The molecule has 0 N–H and O–H groups in total. The molecule has 22 heavy (non-hydrogen) atoms. The van der Waals surface area contributed by atoms with E-state index in [1.165, 1.54) is 0 Å². The Balaban J connectivity index is 2.22. The molecule has 0 bridgehead atoms. The van der Waals surface area contributed by atoms with Crippen molar-refractivity contribution in [2.24, 2.45) is 0 Å². The van der Waals surface area contributed by atoms with E-state index in [0.29, 0.717) is 12.6 Å². The molecule has 6 heteroatoms. The van der Waals surface area contributed by atoms with E-state index >= 15 is 0 Å². The number of hydrogen-bond donors (Lipinski definition) is 0. The Kier molecular flexibility index (Phi) is 5.57. The van der Waals surface area contributed by atoms with Gasteiger partial charge in [0.2, 0.25) is 0 Å². The molecule has 4 nitrogen and oxygen atoms in total. The van der Waals surface area contributed by atoms with Crippen LogP contribution in [0.4, 0.5) is 0 Å². The Bertz CT molecular complexity index is 699. The first kappa shape index (κ1) is 16.9. The van der Waals surface area contributed by atoms with E-state index in [4.69, 9.17) is 4.18 Å². The van der Waals surface area contributed by atoms with E-state index in [9.17, 15) is 13.0 Å². The minimum Gasteiger partial charge on any atom is -0.314 e. The van der Waals surface area contributed by atoms with Crippen molar-refractivity contribution in [1.29, 1.82) is 0 Å². The first-order valence-corrected chi connectivity index (χ1v) is 10.7. The highest BCUT2D eigenvalue weighted by Crippen LogP contribution is 2.43. The average molecular weight is 338 g/mol. The molecule has 0 aliphatic carbocycles. The van der Waals surface area contributed by atoms with Gasteiger partial charge in [0.1, 0.15) is 7.14 Å². The fraction of sp³-hybridized carbons (Fsp3) is 0.250. The van der Waals surface area contributed by atoms with E-state index in [-0.39, 0.29) is 6.61 Å². The lowest BCUT2D eigenvalue weighted by Crippen LogP contribution is -2.19.